The molecule has 57 heavy (non-hydrogen) atoms. The minimum atomic E-state index is -1.71. The van der Waals surface area contributed by atoms with Crippen molar-refractivity contribution in [1.29, 1.82) is 0 Å². The second-order valence-corrected chi connectivity index (χ2v) is 20.6. The van der Waals surface area contributed by atoms with Crippen molar-refractivity contribution in [2.45, 2.75) is 167 Å². The summed E-state index contributed by atoms with van der Waals surface area (Å²) in [4.78, 5) is 14.7. The van der Waals surface area contributed by atoms with Crippen LogP contribution in [0, 0.1) is 50.2 Å². The van der Waals surface area contributed by atoms with Gasteiger partial charge in [0.2, 0.25) is 6.29 Å². The molecule has 7 rings (SSSR count). The first kappa shape index (κ1) is 43.6. The number of aliphatic hydroxyl groups is 9. The smallest absolute Gasteiger partial charge is 0.319 e. The highest BCUT2D eigenvalue weighted by Crippen LogP contribution is 2.76. The van der Waals surface area contributed by atoms with E-state index in [-0.39, 0.29) is 46.0 Å². The summed E-state index contributed by atoms with van der Waals surface area (Å²) in [6, 6.07) is 0. The predicted molar refractivity (Wildman–Crippen MR) is 203 cm³/mol. The normalized spacial score (nSPS) is 53.4. The maximum atomic E-state index is 14.7. The zero-order valence-corrected chi connectivity index (χ0v) is 34.4. The molecule has 324 valence electrons. The van der Waals surface area contributed by atoms with E-state index in [1.807, 2.05) is 6.92 Å². The molecule has 7 aliphatic rings. The van der Waals surface area contributed by atoms with Gasteiger partial charge >= 0.3 is 5.97 Å². The standard InChI is InChI=1S/C43H68O14/c1-21-16-38(2,3)17-23-22-8-9-27-39(4)12-11-28(56-35-33(51)31(49)29(47)24(18-44)54-35)40(5,20-46)26(39)10-13-42(27,7)41(22,6)14-15-43(21,23)37(53)57-36-34(52)32(50)30(48)25(19-45)55-36/h8,23-36,44-52H,1,9-20H2,2-7H3. The van der Waals surface area contributed by atoms with Gasteiger partial charge in [-0.15, -0.1) is 0 Å². The molecule has 2 aliphatic heterocycles. The van der Waals surface area contributed by atoms with Crippen LogP contribution in [0.25, 0.3) is 0 Å². The van der Waals surface area contributed by atoms with Gasteiger partial charge in [0.15, 0.2) is 6.29 Å². The zero-order valence-electron chi connectivity index (χ0n) is 34.4. The molecule has 0 bridgehead atoms. The summed E-state index contributed by atoms with van der Waals surface area (Å²) < 4.78 is 23.8. The average Bonchev–Trinajstić information content (AvgIpc) is 3.16. The van der Waals surface area contributed by atoms with Crippen molar-refractivity contribution in [2.24, 2.45) is 50.2 Å². The van der Waals surface area contributed by atoms with E-state index in [2.05, 4.69) is 47.3 Å². The third-order valence-corrected chi connectivity index (χ3v) is 17.3. The van der Waals surface area contributed by atoms with Crippen molar-refractivity contribution in [3.8, 4) is 0 Å². The van der Waals surface area contributed by atoms with E-state index in [0.29, 0.717) is 32.1 Å². The monoisotopic (exact) mass is 808 g/mol. The van der Waals surface area contributed by atoms with Gasteiger partial charge in [-0.05, 0) is 91.3 Å². The predicted octanol–water partition coefficient (Wildman–Crippen LogP) is 1.45. The Hall–Kier alpha value is -1.53. The lowest BCUT2D eigenvalue weighted by Gasteiger charge is -2.71. The van der Waals surface area contributed by atoms with Crippen molar-refractivity contribution < 1.29 is 69.7 Å². The maximum Gasteiger partial charge on any atom is 0.319 e. The number of allylic oxidation sites excluding steroid dienone is 2. The molecule has 14 heteroatoms. The lowest BCUT2D eigenvalue weighted by molar-refractivity contribution is -0.333. The molecule has 6 fully saturated rings. The summed E-state index contributed by atoms with van der Waals surface area (Å²) in [5.74, 6) is -0.594. The van der Waals surface area contributed by atoms with Crippen LogP contribution in [-0.4, -0.2) is 139 Å². The van der Waals surface area contributed by atoms with Crippen LogP contribution in [0.4, 0.5) is 0 Å². The number of carbonyl (C=O) groups is 1. The third kappa shape index (κ3) is 6.28. The van der Waals surface area contributed by atoms with Gasteiger partial charge < -0.3 is 64.9 Å². The summed E-state index contributed by atoms with van der Waals surface area (Å²) in [6.45, 7) is 16.7. The molecule has 0 aromatic heterocycles. The van der Waals surface area contributed by atoms with Gasteiger partial charge in [0.25, 0.3) is 0 Å². The number of ether oxygens (including phenoxy) is 4. The van der Waals surface area contributed by atoms with Gasteiger partial charge in [0, 0.05) is 11.3 Å². The third-order valence-electron chi connectivity index (χ3n) is 17.3. The Morgan fingerprint density at radius 1 is 0.772 bits per heavy atom. The van der Waals surface area contributed by atoms with E-state index in [4.69, 9.17) is 18.9 Å². The lowest BCUT2D eigenvalue weighted by Crippen LogP contribution is -2.67. The summed E-state index contributed by atoms with van der Waals surface area (Å²) in [6.07, 6.45) is -6.75. The number of carbonyl (C=O) groups excluding carboxylic acids is 1. The van der Waals surface area contributed by atoms with E-state index < -0.39 is 97.5 Å². The van der Waals surface area contributed by atoms with Crippen molar-refractivity contribution >= 4 is 5.97 Å². The molecule has 19 atom stereocenters. The fourth-order valence-corrected chi connectivity index (χ4v) is 13.8. The highest BCUT2D eigenvalue weighted by Gasteiger charge is 2.71. The van der Waals surface area contributed by atoms with Gasteiger partial charge in [0.1, 0.15) is 48.8 Å². The minimum absolute atomic E-state index is 0.0276. The van der Waals surface area contributed by atoms with E-state index in [9.17, 15) is 50.8 Å². The first-order chi connectivity index (χ1) is 26.6. The molecular formula is C43H68O14. The fourth-order valence-electron chi connectivity index (χ4n) is 13.8. The number of hydrogen-bond donors (Lipinski definition) is 9. The van der Waals surface area contributed by atoms with Crippen LogP contribution in [-0.2, 0) is 23.7 Å². The molecule has 0 amide bonds. The number of esters is 1. The largest absolute Gasteiger partial charge is 0.432 e. The Bertz CT molecular complexity index is 1580. The van der Waals surface area contributed by atoms with E-state index in [1.165, 1.54) is 5.57 Å². The quantitative estimate of drug-likeness (QED) is 0.101. The number of rotatable bonds is 7. The molecule has 19 unspecified atom stereocenters. The van der Waals surface area contributed by atoms with Crippen LogP contribution in [0.3, 0.4) is 0 Å². The van der Waals surface area contributed by atoms with Gasteiger partial charge in [-0.2, -0.15) is 0 Å². The topological polar surface area (TPSA) is 236 Å². The maximum absolute atomic E-state index is 14.7. The number of fused-ring (bicyclic) bond motifs is 7. The zero-order chi connectivity index (χ0) is 41.8. The number of aliphatic hydroxyl groups excluding tert-OH is 9. The first-order valence-electron chi connectivity index (χ1n) is 21.1. The van der Waals surface area contributed by atoms with Crippen LogP contribution in [0.15, 0.2) is 23.8 Å². The van der Waals surface area contributed by atoms with E-state index >= 15 is 0 Å². The van der Waals surface area contributed by atoms with Crippen LogP contribution in [0.1, 0.15) is 99.3 Å². The van der Waals surface area contributed by atoms with Crippen LogP contribution in [0.5, 0.6) is 0 Å². The second-order valence-electron chi connectivity index (χ2n) is 20.6. The minimum Gasteiger partial charge on any atom is -0.432 e. The summed E-state index contributed by atoms with van der Waals surface area (Å²) in [7, 11) is 0. The highest BCUT2D eigenvalue weighted by atomic mass is 16.7. The fraction of sp³-hybridized carbons (Fsp3) is 0.884. The second kappa shape index (κ2) is 14.8. The lowest BCUT2D eigenvalue weighted by atomic mass is 9.33. The Labute approximate surface area is 335 Å². The molecule has 2 saturated heterocycles. The van der Waals surface area contributed by atoms with Crippen LogP contribution in [0.2, 0.25) is 0 Å². The van der Waals surface area contributed by atoms with Gasteiger partial charge in [0.05, 0.1) is 31.3 Å². The van der Waals surface area contributed by atoms with E-state index in [0.717, 1.165) is 31.3 Å². The van der Waals surface area contributed by atoms with Crippen molar-refractivity contribution in [1.82, 2.24) is 0 Å². The Kier molecular flexibility index (Phi) is 11.3. The SMILES string of the molecule is C=C1CC(C)(C)CC2C3=CCC4C5(C)CCC(OC6OC(CO)C(O)C(O)C6O)C(C)(CO)C5CCC4(C)C3(C)CCC12C(=O)OC1OC(CO)C(O)C(O)C1O. The molecule has 0 spiro atoms. The summed E-state index contributed by atoms with van der Waals surface area (Å²) in [5.41, 5.74) is -0.764. The van der Waals surface area contributed by atoms with Gasteiger partial charge in [-0.3, -0.25) is 4.79 Å². The molecular weight excluding hydrogens is 740 g/mol. The highest BCUT2D eigenvalue weighted by molar-refractivity contribution is 5.83. The van der Waals surface area contributed by atoms with Gasteiger partial charge in [-0.25, -0.2) is 0 Å². The van der Waals surface area contributed by atoms with E-state index in [1.54, 1.807) is 0 Å². The molecule has 5 aliphatic carbocycles. The van der Waals surface area contributed by atoms with Crippen molar-refractivity contribution in [3.05, 3.63) is 23.8 Å². The Balaban J connectivity index is 1.19. The average molecular weight is 809 g/mol. The van der Waals surface area contributed by atoms with Gasteiger partial charge in [-0.1, -0.05) is 65.3 Å². The number of hydrogen-bond acceptors (Lipinski definition) is 14. The first-order valence-corrected chi connectivity index (χ1v) is 21.1. The Morgan fingerprint density at radius 2 is 1.37 bits per heavy atom. The Morgan fingerprint density at radius 3 is 1.96 bits per heavy atom. The van der Waals surface area contributed by atoms with Crippen LogP contribution < -0.4 is 0 Å². The molecule has 9 N–H and O–H groups in total. The molecule has 4 saturated carbocycles. The van der Waals surface area contributed by atoms with Crippen LogP contribution >= 0.6 is 0 Å². The van der Waals surface area contributed by atoms with Crippen molar-refractivity contribution in [3.63, 3.8) is 0 Å². The molecule has 2 heterocycles. The summed E-state index contributed by atoms with van der Waals surface area (Å²) >= 11 is 0. The van der Waals surface area contributed by atoms with Crippen molar-refractivity contribution in [2.75, 3.05) is 19.8 Å². The summed E-state index contributed by atoms with van der Waals surface area (Å²) in [5, 5.41) is 94.1. The molecule has 0 radical (unpaired) electrons. The molecule has 0 aromatic rings. The molecule has 0 aromatic carbocycles. The molecule has 14 nitrogen and oxygen atoms in total.